The molecule has 1 fully saturated rings. The molecular formula is C15H18N4O2. The minimum absolute atomic E-state index is 0.0477. The summed E-state index contributed by atoms with van der Waals surface area (Å²) < 4.78 is 5.79. The van der Waals surface area contributed by atoms with Gasteiger partial charge in [-0.25, -0.2) is 4.79 Å². The molecular weight excluding hydrogens is 268 g/mol. The third-order valence-corrected chi connectivity index (χ3v) is 4.16. The van der Waals surface area contributed by atoms with Crippen LogP contribution in [0.4, 0.5) is 10.5 Å². The van der Waals surface area contributed by atoms with Crippen LogP contribution in [-0.2, 0) is 0 Å². The van der Waals surface area contributed by atoms with Crippen molar-refractivity contribution in [2.45, 2.75) is 13.0 Å². The van der Waals surface area contributed by atoms with Crippen LogP contribution in [0.5, 0.6) is 5.75 Å². The first-order chi connectivity index (χ1) is 10.2. The number of amides is 2. The van der Waals surface area contributed by atoms with Crippen LogP contribution in [0.1, 0.15) is 5.56 Å². The van der Waals surface area contributed by atoms with Crippen molar-refractivity contribution in [1.82, 2.24) is 10.2 Å². The minimum Gasteiger partial charge on any atom is -0.489 e. The fourth-order valence-electron chi connectivity index (χ4n) is 3.14. The predicted molar refractivity (Wildman–Crippen MR) is 80.2 cm³/mol. The van der Waals surface area contributed by atoms with Gasteiger partial charge in [0.2, 0.25) is 0 Å². The maximum absolute atomic E-state index is 12.7. The second kappa shape index (κ2) is 4.65. The van der Waals surface area contributed by atoms with E-state index in [1.165, 1.54) is 0 Å². The fraction of sp³-hybridized carbons (Fsp3) is 0.467. The van der Waals surface area contributed by atoms with E-state index in [4.69, 9.17) is 4.74 Å². The Balaban J connectivity index is 1.61. The Labute approximate surface area is 123 Å². The van der Waals surface area contributed by atoms with E-state index in [1.807, 2.05) is 34.9 Å². The lowest BCUT2D eigenvalue weighted by molar-refractivity contribution is 0.226. The molecule has 1 aromatic rings. The zero-order chi connectivity index (χ0) is 14.4. The number of ether oxygens (including phenoxy) is 1. The molecule has 1 atom stereocenters. The molecule has 0 bridgehead atoms. The number of fused-ring (bicyclic) bond motifs is 3. The van der Waals surface area contributed by atoms with Crippen molar-refractivity contribution in [3.63, 3.8) is 0 Å². The number of carbonyl (C=O) groups is 1. The van der Waals surface area contributed by atoms with Crippen LogP contribution in [0.15, 0.2) is 23.2 Å². The molecule has 1 aromatic carbocycles. The van der Waals surface area contributed by atoms with Gasteiger partial charge in [-0.15, -0.1) is 0 Å². The normalized spacial score (nSPS) is 23.4. The molecule has 1 N–H and O–H groups in total. The number of urea groups is 1. The summed E-state index contributed by atoms with van der Waals surface area (Å²) in [6.45, 7) is 5.50. The van der Waals surface area contributed by atoms with Gasteiger partial charge in [-0.2, -0.15) is 0 Å². The Bertz CT molecular complexity index is 628. The van der Waals surface area contributed by atoms with Gasteiger partial charge in [0.25, 0.3) is 0 Å². The Morgan fingerprint density at radius 2 is 2.38 bits per heavy atom. The highest BCUT2D eigenvalue weighted by atomic mass is 16.5. The SMILES string of the molecule is Cc1ccc2c(c1)N1C(=O)N(CC3=NCCN3)CC1CO2. The van der Waals surface area contributed by atoms with Gasteiger partial charge in [-0.05, 0) is 24.6 Å². The molecule has 0 saturated carbocycles. The number of nitrogens with zero attached hydrogens (tertiary/aromatic N) is 3. The van der Waals surface area contributed by atoms with Crippen LogP contribution in [0.25, 0.3) is 0 Å². The summed E-state index contributed by atoms with van der Waals surface area (Å²) in [4.78, 5) is 20.8. The van der Waals surface area contributed by atoms with E-state index in [-0.39, 0.29) is 12.1 Å². The van der Waals surface area contributed by atoms with Gasteiger partial charge in [0.1, 0.15) is 18.2 Å². The first kappa shape index (κ1) is 12.5. The van der Waals surface area contributed by atoms with E-state index in [1.54, 1.807) is 0 Å². The number of amidine groups is 1. The zero-order valence-electron chi connectivity index (χ0n) is 12.0. The van der Waals surface area contributed by atoms with Crippen molar-refractivity contribution in [2.24, 2.45) is 4.99 Å². The lowest BCUT2D eigenvalue weighted by Crippen LogP contribution is -2.42. The molecule has 3 aliphatic heterocycles. The highest BCUT2D eigenvalue weighted by Gasteiger charge is 2.42. The summed E-state index contributed by atoms with van der Waals surface area (Å²) in [6.07, 6.45) is 0. The standard InChI is InChI=1S/C15H18N4O2/c1-10-2-3-13-12(6-10)19-11(9-21-13)7-18(15(19)20)8-14-16-4-5-17-14/h2-3,6,11H,4-5,7-9H2,1H3,(H,16,17). The Morgan fingerprint density at radius 1 is 1.48 bits per heavy atom. The van der Waals surface area contributed by atoms with Crippen molar-refractivity contribution in [2.75, 3.05) is 37.7 Å². The van der Waals surface area contributed by atoms with Crippen LogP contribution in [-0.4, -0.2) is 55.6 Å². The van der Waals surface area contributed by atoms with Gasteiger partial charge >= 0.3 is 6.03 Å². The highest BCUT2D eigenvalue weighted by molar-refractivity contribution is 5.99. The number of aliphatic imine (C=N–C) groups is 1. The molecule has 2 amide bonds. The van der Waals surface area contributed by atoms with E-state index in [2.05, 4.69) is 10.3 Å². The average Bonchev–Trinajstić information content (AvgIpc) is 3.08. The molecule has 0 aliphatic carbocycles. The van der Waals surface area contributed by atoms with E-state index in [9.17, 15) is 4.79 Å². The maximum Gasteiger partial charge on any atom is 0.325 e. The van der Waals surface area contributed by atoms with Gasteiger partial charge < -0.3 is 15.0 Å². The summed E-state index contributed by atoms with van der Waals surface area (Å²) in [5, 5.41) is 3.22. The number of carbonyl (C=O) groups excluding carboxylic acids is 1. The van der Waals surface area contributed by atoms with E-state index >= 15 is 0 Å². The van der Waals surface area contributed by atoms with Crippen LogP contribution in [0.3, 0.4) is 0 Å². The number of anilines is 1. The molecule has 6 nitrogen and oxygen atoms in total. The summed E-state index contributed by atoms with van der Waals surface area (Å²) >= 11 is 0. The molecule has 4 rings (SSSR count). The van der Waals surface area contributed by atoms with Gasteiger partial charge in [-0.3, -0.25) is 9.89 Å². The lowest BCUT2D eigenvalue weighted by atomic mass is 10.1. The van der Waals surface area contributed by atoms with Crippen molar-refractivity contribution < 1.29 is 9.53 Å². The number of aryl methyl sites for hydroxylation is 1. The molecule has 0 aromatic heterocycles. The van der Waals surface area contributed by atoms with Gasteiger partial charge in [0.15, 0.2) is 0 Å². The van der Waals surface area contributed by atoms with Crippen LogP contribution in [0, 0.1) is 6.92 Å². The molecule has 3 aliphatic rings. The molecule has 6 heteroatoms. The van der Waals surface area contributed by atoms with E-state index in [0.29, 0.717) is 19.7 Å². The van der Waals surface area contributed by atoms with Crippen molar-refractivity contribution in [3.8, 4) is 5.75 Å². The summed E-state index contributed by atoms with van der Waals surface area (Å²) in [5.74, 6) is 1.71. The Hall–Kier alpha value is -2.24. The first-order valence-corrected chi connectivity index (χ1v) is 7.31. The van der Waals surface area contributed by atoms with Crippen LogP contribution >= 0.6 is 0 Å². The molecule has 0 spiro atoms. The molecule has 110 valence electrons. The minimum atomic E-state index is 0.0477. The van der Waals surface area contributed by atoms with E-state index in [0.717, 1.165) is 35.9 Å². The maximum atomic E-state index is 12.7. The van der Waals surface area contributed by atoms with Crippen molar-refractivity contribution in [3.05, 3.63) is 23.8 Å². The smallest absolute Gasteiger partial charge is 0.325 e. The zero-order valence-corrected chi connectivity index (χ0v) is 12.0. The molecule has 0 radical (unpaired) electrons. The lowest BCUT2D eigenvalue weighted by Gasteiger charge is -2.30. The average molecular weight is 286 g/mol. The summed E-state index contributed by atoms with van der Waals surface area (Å²) in [6, 6.07) is 6.11. The first-order valence-electron chi connectivity index (χ1n) is 7.31. The summed E-state index contributed by atoms with van der Waals surface area (Å²) in [5.41, 5.74) is 2.02. The van der Waals surface area contributed by atoms with Crippen LogP contribution in [0.2, 0.25) is 0 Å². The highest BCUT2D eigenvalue weighted by Crippen LogP contribution is 2.37. The van der Waals surface area contributed by atoms with Crippen molar-refractivity contribution >= 4 is 17.6 Å². The van der Waals surface area contributed by atoms with Crippen LogP contribution < -0.4 is 15.0 Å². The second-order valence-corrected chi connectivity index (χ2v) is 5.72. The number of hydrogen-bond acceptors (Lipinski definition) is 4. The third-order valence-electron chi connectivity index (χ3n) is 4.16. The topological polar surface area (TPSA) is 57.2 Å². The molecule has 1 unspecified atom stereocenters. The molecule has 1 saturated heterocycles. The van der Waals surface area contributed by atoms with E-state index < -0.39 is 0 Å². The summed E-state index contributed by atoms with van der Waals surface area (Å²) in [7, 11) is 0. The number of nitrogens with one attached hydrogen (secondary N) is 1. The number of hydrogen-bond donors (Lipinski definition) is 1. The largest absolute Gasteiger partial charge is 0.489 e. The molecule has 3 heterocycles. The third kappa shape index (κ3) is 2.02. The number of benzene rings is 1. The van der Waals surface area contributed by atoms with Gasteiger partial charge in [-0.1, -0.05) is 6.07 Å². The molecule has 21 heavy (non-hydrogen) atoms. The Morgan fingerprint density at radius 3 is 3.19 bits per heavy atom. The fourth-order valence-corrected chi connectivity index (χ4v) is 3.14. The van der Waals surface area contributed by atoms with Gasteiger partial charge in [0, 0.05) is 13.1 Å². The van der Waals surface area contributed by atoms with Gasteiger partial charge in [0.05, 0.1) is 24.8 Å². The second-order valence-electron chi connectivity index (χ2n) is 5.72. The van der Waals surface area contributed by atoms with Crippen molar-refractivity contribution in [1.29, 1.82) is 0 Å². The Kier molecular flexibility index (Phi) is 2.77. The monoisotopic (exact) mass is 286 g/mol. The quantitative estimate of drug-likeness (QED) is 0.882. The predicted octanol–water partition coefficient (Wildman–Crippen LogP) is 1.000. The number of rotatable bonds is 2.